The number of benzene rings is 2. The van der Waals surface area contributed by atoms with Crippen LogP contribution in [-0.2, 0) is 6.42 Å². The molecular formula is C18H18N2O2. The van der Waals surface area contributed by atoms with Crippen molar-refractivity contribution in [1.82, 2.24) is 10.1 Å². The summed E-state index contributed by atoms with van der Waals surface area (Å²) in [5, 5.41) is 4.03. The predicted octanol–water partition coefficient (Wildman–Crippen LogP) is 4.06. The summed E-state index contributed by atoms with van der Waals surface area (Å²) in [4.78, 5) is 4.42. The average molecular weight is 294 g/mol. The van der Waals surface area contributed by atoms with Crippen LogP contribution < -0.4 is 4.74 Å². The molecule has 0 aliphatic rings. The van der Waals surface area contributed by atoms with E-state index in [0.29, 0.717) is 24.7 Å². The lowest BCUT2D eigenvalue weighted by molar-refractivity contribution is 0.298. The highest BCUT2D eigenvalue weighted by Gasteiger charge is 2.08. The molecule has 0 unspecified atom stereocenters. The van der Waals surface area contributed by atoms with E-state index in [9.17, 15) is 0 Å². The van der Waals surface area contributed by atoms with Gasteiger partial charge in [-0.05, 0) is 25.5 Å². The molecular weight excluding hydrogens is 276 g/mol. The predicted molar refractivity (Wildman–Crippen MR) is 84.7 cm³/mol. The van der Waals surface area contributed by atoms with Gasteiger partial charge in [-0.25, -0.2) is 0 Å². The number of nitrogens with zero attached hydrogens (tertiary/aromatic N) is 2. The number of rotatable bonds is 6. The molecule has 1 aromatic heterocycles. The summed E-state index contributed by atoms with van der Waals surface area (Å²) in [6.45, 7) is 2.68. The number of aromatic nitrogens is 2. The summed E-state index contributed by atoms with van der Waals surface area (Å²) in [5.41, 5.74) is 2.19. The van der Waals surface area contributed by atoms with E-state index in [0.717, 1.165) is 17.7 Å². The molecule has 1 heterocycles. The monoisotopic (exact) mass is 294 g/mol. The molecule has 4 heteroatoms. The second-order valence-corrected chi connectivity index (χ2v) is 5.14. The van der Waals surface area contributed by atoms with Crippen molar-refractivity contribution < 1.29 is 9.26 Å². The maximum atomic E-state index is 5.64. The standard InChI is InChI=1S/C18H18N2O2/c1-14-9-11-15(12-10-14)18-19-17(22-20-18)8-5-13-21-16-6-3-2-4-7-16/h2-4,6-7,9-12H,5,8,13H2,1H3. The summed E-state index contributed by atoms with van der Waals surface area (Å²) in [5.74, 6) is 2.17. The third-order valence-electron chi connectivity index (χ3n) is 3.32. The van der Waals surface area contributed by atoms with Crippen molar-refractivity contribution in [1.29, 1.82) is 0 Å². The van der Waals surface area contributed by atoms with Crippen LogP contribution in [0.3, 0.4) is 0 Å². The molecule has 0 amide bonds. The summed E-state index contributed by atoms with van der Waals surface area (Å²) >= 11 is 0. The van der Waals surface area contributed by atoms with Gasteiger partial charge in [0.05, 0.1) is 6.61 Å². The fourth-order valence-corrected chi connectivity index (χ4v) is 2.11. The van der Waals surface area contributed by atoms with Gasteiger partial charge < -0.3 is 9.26 Å². The molecule has 0 saturated carbocycles. The van der Waals surface area contributed by atoms with Gasteiger partial charge in [-0.1, -0.05) is 53.2 Å². The van der Waals surface area contributed by atoms with Crippen molar-refractivity contribution in [3.05, 3.63) is 66.1 Å². The van der Waals surface area contributed by atoms with Crippen LogP contribution in [0.4, 0.5) is 0 Å². The quantitative estimate of drug-likeness (QED) is 0.643. The third-order valence-corrected chi connectivity index (χ3v) is 3.32. The lowest BCUT2D eigenvalue weighted by atomic mass is 10.1. The van der Waals surface area contributed by atoms with E-state index < -0.39 is 0 Å². The molecule has 3 rings (SSSR count). The SMILES string of the molecule is Cc1ccc(-c2noc(CCCOc3ccccc3)n2)cc1. The van der Waals surface area contributed by atoms with Gasteiger partial charge in [0.2, 0.25) is 11.7 Å². The highest BCUT2D eigenvalue weighted by atomic mass is 16.5. The van der Waals surface area contributed by atoms with Gasteiger partial charge in [-0.2, -0.15) is 4.98 Å². The van der Waals surface area contributed by atoms with Gasteiger partial charge in [-0.15, -0.1) is 0 Å². The first-order valence-corrected chi connectivity index (χ1v) is 7.39. The normalized spacial score (nSPS) is 10.6. The smallest absolute Gasteiger partial charge is 0.227 e. The minimum atomic E-state index is 0.631. The molecule has 0 aliphatic heterocycles. The maximum absolute atomic E-state index is 5.64. The Morgan fingerprint density at radius 1 is 1.00 bits per heavy atom. The second-order valence-electron chi connectivity index (χ2n) is 5.14. The van der Waals surface area contributed by atoms with E-state index in [2.05, 4.69) is 17.1 Å². The van der Waals surface area contributed by atoms with E-state index in [1.165, 1.54) is 5.56 Å². The largest absolute Gasteiger partial charge is 0.494 e. The zero-order valence-corrected chi connectivity index (χ0v) is 12.5. The van der Waals surface area contributed by atoms with E-state index in [4.69, 9.17) is 9.26 Å². The van der Waals surface area contributed by atoms with Crippen LogP contribution in [0.1, 0.15) is 17.9 Å². The number of para-hydroxylation sites is 1. The minimum Gasteiger partial charge on any atom is -0.494 e. The molecule has 0 bridgehead atoms. The minimum absolute atomic E-state index is 0.631. The van der Waals surface area contributed by atoms with Crippen molar-refractivity contribution in [2.75, 3.05) is 6.61 Å². The topological polar surface area (TPSA) is 48.2 Å². The molecule has 112 valence electrons. The molecule has 0 atom stereocenters. The molecule has 4 nitrogen and oxygen atoms in total. The zero-order chi connectivity index (χ0) is 15.2. The molecule has 0 spiro atoms. The van der Waals surface area contributed by atoms with Crippen molar-refractivity contribution in [3.63, 3.8) is 0 Å². The lowest BCUT2D eigenvalue weighted by Gasteiger charge is -2.03. The Hall–Kier alpha value is -2.62. The molecule has 0 saturated heterocycles. The van der Waals surface area contributed by atoms with E-state index in [1.807, 2.05) is 54.6 Å². The van der Waals surface area contributed by atoms with Gasteiger partial charge in [0.25, 0.3) is 0 Å². The second kappa shape index (κ2) is 6.89. The van der Waals surface area contributed by atoms with Crippen molar-refractivity contribution >= 4 is 0 Å². The number of hydrogen-bond acceptors (Lipinski definition) is 4. The van der Waals surface area contributed by atoms with Gasteiger partial charge in [0.15, 0.2) is 0 Å². The summed E-state index contributed by atoms with van der Waals surface area (Å²) in [6.07, 6.45) is 1.55. The Balaban J connectivity index is 1.50. The van der Waals surface area contributed by atoms with E-state index in [1.54, 1.807) is 0 Å². The third kappa shape index (κ3) is 3.73. The summed E-state index contributed by atoms with van der Waals surface area (Å²) in [7, 11) is 0. The Morgan fingerprint density at radius 2 is 1.77 bits per heavy atom. The van der Waals surface area contributed by atoms with Gasteiger partial charge in [0, 0.05) is 12.0 Å². The highest BCUT2D eigenvalue weighted by molar-refractivity contribution is 5.54. The average Bonchev–Trinajstić information content (AvgIpc) is 3.02. The van der Waals surface area contributed by atoms with Gasteiger partial charge >= 0.3 is 0 Å². The van der Waals surface area contributed by atoms with Crippen LogP contribution >= 0.6 is 0 Å². The summed E-state index contributed by atoms with van der Waals surface area (Å²) < 4.78 is 10.9. The molecule has 2 aromatic carbocycles. The van der Waals surface area contributed by atoms with E-state index >= 15 is 0 Å². The van der Waals surface area contributed by atoms with Crippen LogP contribution in [0.25, 0.3) is 11.4 Å². The first-order chi connectivity index (χ1) is 10.8. The van der Waals surface area contributed by atoms with Gasteiger partial charge in [-0.3, -0.25) is 0 Å². The Morgan fingerprint density at radius 3 is 2.55 bits per heavy atom. The van der Waals surface area contributed by atoms with E-state index in [-0.39, 0.29) is 0 Å². The molecule has 22 heavy (non-hydrogen) atoms. The first kappa shape index (κ1) is 14.3. The highest BCUT2D eigenvalue weighted by Crippen LogP contribution is 2.17. The van der Waals surface area contributed by atoms with Crippen molar-refractivity contribution in [2.24, 2.45) is 0 Å². The number of aryl methyl sites for hydroxylation is 2. The number of ether oxygens (including phenoxy) is 1. The lowest BCUT2D eigenvalue weighted by Crippen LogP contribution is -1.99. The van der Waals surface area contributed by atoms with Crippen molar-refractivity contribution in [2.45, 2.75) is 19.8 Å². The number of hydrogen-bond donors (Lipinski definition) is 0. The van der Waals surface area contributed by atoms with Crippen LogP contribution in [-0.4, -0.2) is 16.7 Å². The molecule has 3 aromatic rings. The van der Waals surface area contributed by atoms with Crippen LogP contribution in [0.5, 0.6) is 5.75 Å². The van der Waals surface area contributed by atoms with Crippen LogP contribution in [0.2, 0.25) is 0 Å². The van der Waals surface area contributed by atoms with Gasteiger partial charge in [0.1, 0.15) is 5.75 Å². The van der Waals surface area contributed by atoms with Crippen LogP contribution in [0, 0.1) is 6.92 Å². The molecule has 0 radical (unpaired) electrons. The Labute approximate surface area is 129 Å². The summed E-state index contributed by atoms with van der Waals surface area (Å²) in [6, 6.07) is 17.9. The Kier molecular flexibility index (Phi) is 4.49. The fourth-order valence-electron chi connectivity index (χ4n) is 2.11. The Bertz CT molecular complexity index is 705. The first-order valence-electron chi connectivity index (χ1n) is 7.39. The van der Waals surface area contributed by atoms with Crippen molar-refractivity contribution in [3.8, 4) is 17.1 Å². The molecule has 0 aliphatic carbocycles. The molecule has 0 fully saturated rings. The maximum Gasteiger partial charge on any atom is 0.227 e. The molecule has 0 N–H and O–H groups in total. The zero-order valence-electron chi connectivity index (χ0n) is 12.5. The fraction of sp³-hybridized carbons (Fsp3) is 0.222. The van der Waals surface area contributed by atoms with Crippen LogP contribution in [0.15, 0.2) is 59.1 Å².